The van der Waals surface area contributed by atoms with Gasteiger partial charge in [0.25, 0.3) is 0 Å². The average molecular weight is 360 g/mol. The topological polar surface area (TPSA) is 3.24 Å². The van der Waals surface area contributed by atoms with Gasteiger partial charge in [-0.3, -0.25) is 0 Å². The molecule has 1 unspecified atom stereocenters. The third kappa shape index (κ3) is 4.61. The summed E-state index contributed by atoms with van der Waals surface area (Å²) in [5.41, 5.74) is 4.03. The van der Waals surface area contributed by atoms with Crippen LogP contribution in [0.3, 0.4) is 0 Å². The molecule has 2 heteroatoms. The zero-order valence-corrected chi connectivity index (χ0v) is 15.6. The summed E-state index contributed by atoms with van der Waals surface area (Å²) in [5.74, 6) is 0. The first-order valence-electron chi connectivity index (χ1n) is 8.07. The predicted molar refractivity (Wildman–Crippen MR) is 101 cm³/mol. The first kappa shape index (κ1) is 17.1. The van der Waals surface area contributed by atoms with Crippen molar-refractivity contribution in [1.29, 1.82) is 0 Å². The highest BCUT2D eigenvalue weighted by Gasteiger charge is 2.17. The van der Waals surface area contributed by atoms with Crippen LogP contribution in [0.2, 0.25) is 0 Å². The van der Waals surface area contributed by atoms with Crippen molar-refractivity contribution in [2.45, 2.75) is 52.6 Å². The molecule has 118 valence electrons. The molecular formula is C20H26BrN. The van der Waals surface area contributed by atoms with Crippen LogP contribution in [0.5, 0.6) is 0 Å². The summed E-state index contributed by atoms with van der Waals surface area (Å²) in [7, 11) is 0. The maximum absolute atomic E-state index is 3.55. The molecule has 0 aliphatic rings. The quantitative estimate of drug-likeness (QED) is 0.611. The highest BCUT2D eigenvalue weighted by molar-refractivity contribution is 9.10. The van der Waals surface area contributed by atoms with Crippen molar-refractivity contribution in [1.82, 2.24) is 0 Å². The zero-order chi connectivity index (χ0) is 16.1. The van der Waals surface area contributed by atoms with Crippen LogP contribution in [0.15, 0.2) is 53.0 Å². The van der Waals surface area contributed by atoms with Crippen molar-refractivity contribution in [3.63, 3.8) is 0 Å². The Morgan fingerprint density at radius 2 is 1.68 bits per heavy atom. The second-order valence-corrected chi connectivity index (χ2v) is 7.27. The van der Waals surface area contributed by atoms with Gasteiger partial charge in [-0.1, -0.05) is 45.8 Å². The Morgan fingerprint density at radius 1 is 1.00 bits per heavy atom. The van der Waals surface area contributed by atoms with Gasteiger partial charge in [0.1, 0.15) is 0 Å². The minimum atomic E-state index is 0.500. The summed E-state index contributed by atoms with van der Waals surface area (Å²) in [6.07, 6.45) is 2.26. The van der Waals surface area contributed by atoms with Crippen LogP contribution in [0.1, 0.15) is 38.3 Å². The molecule has 0 aliphatic heterocycles. The van der Waals surface area contributed by atoms with Crippen LogP contribution in [0.4, 0.5) is 5.69 Å². The van der Waals surface area contributed by atoms with Gasteiger partial charge < -0.3 is 4.90 Å². The van der Waals surface area contributed by atoms with E-state index in [1.54, 1.807) is 0 Å². The molecule has 0 saturated carbocycles. The Balaban J connectivity index is 2.06. The van der Waals surface area contributed by atoms with E-state index in [0.29, 0.717) is 12.1 Å². The van der Waals surface area contributed by atoms with Gasteiger partial charge in [0.2, 0.25) is 0 Å². The van der Waals surface area contributed by atoms with E-state index in [9.17, 15) is 0 Å². The molecule has 0 saturated heterocycles. The standard InChI is InChI=1S/C20H26BrN/c1-15(2)22(20-12-8-16(3)9-13-20)17(4)10-11-18-6-5-7-19(21)14-18/h5-9,12-15,17H,10-11H2,1-4H3. The summed E-state index contributed by atoms with van der Waals surface area (Å²) in [5, 5.41) is 0. The molecule has 0 aromatic heterocycles. The lowest BCUT2D eigenvalue weighted by Gasteiger charge is -2.35. The summed E-state index contributed by atoms with van der Waals surface area (Å²) < 4.78 is 1.16. The summed E-state index contributed by atoms with van der Waals surface area (Å²) in [4.78, 5) is 2.53. The number of benzene rings is 2. The van der Waals surface area contributed by atoms with Gasteiger partial charge in [-0.25, -0.2) is 0 Å². The Hall–Kier alpha value is -1.28. The van der Waals surface area contributed by atoms with Crippen LogP contribution < -0.4 is 4.90 Å². The smallest absolute Gasteiger partial charge is 0.0371 e. The lowest BCUT2D eigenvalue weighted by Crippen LogP contribution is -2.39. The number of halogens is 1. The van der Waals surface area contributed by atoms with Crippen molar-refractivity contribution in [3.8, 4) is 0 Å². The third-order valence-corrected chi connectivity index (χ3v) is 4.60. The van der Waals surface area contributed by atoms with Crippen molar-refractivity contribution in [2.24, 2.45) is 0 Å². The van der Waals surface area contributed by atoms with E-state index >= 15 is 0 Å². The van der Waals surface area contributed by atoms with Crippen molar-refractivity contribution < 1.29 is 0 Å². The SMILES string of the molecule is Cc1ccc(N(C(C)C)C(C)CCc2cccc(Br)c2)cc1. The van der Waals surface area contributed by atoms with Gasteiger partial charge >= 0.3 is 0 Å². The van der Waals surface area contributed by atoms with Crippen molar-refractivity contribution >= 4 is 21.6 Å². The highest BCUT2D eigenvalue weighted by atomic mass is 79.9. The molecule has 0 amide bonds. The third-order valence-electron chi connectivity index (χ3n) is 4.10. The fraction of sp³-hybridized carbons (Fsp3) is 0.400. The summed E-state index contributed by atoms with van der Waals surface area (Å²) in [6, 6.07) is 18.5. The van der Waals surface area contributed by atoms with E-state index in [0.717, 1.165) is 17.3 Å². The fourth-order valence-corrected chi connectivity index (χ4v) is 3.43. The number of anilines is 1. The molecule has 0 fully saturated rings. The lowest BCUT2D eigenvalue weighted by molar-refractivity contribution is 0.542. The van der Waals surface area contributed by atoms with Gasteiger partial charge in [0.15, 0.2) is 0 Å². The normalized spacial score (nSPS) is 12.5. The molecular weight excluding hydrogens is 334 g/mol. The zero-order valence-electron chi connectivity index (χ0n) is 14.0. The first-order chi connectivity index (χ1) is 10.5. The van der Waals surface area contributed by atoms with Crippen LogP contribution in [0, 0.1) is 6.92 Å². The lowest BCUT2D eigenvalue weighted by atomic mass is 10.0. The number of aryl methyl sites for hydroxylation is 2. The second kappa shape index (κ2) is 7.82. The average Bonchev–Trinajstić information content (AvgIpc) is 2.47. The fourth-order valence-electron chi connectivity index (χ4n) is 2.99. The molecule has 2 aromatic carbocycles. The summed E-state index contributed by atoms with van der Waals surface area (Å²) in [6.45, 7) is 9.02. The van der Waals surface area contributed by atoms with E-state index < -0.39 is 0 Å². The Bertz CT molecular complexity index is 589. The van der Waals surface area contributed by atoms with Crippen molar-refractivity contribution in [2.75, 3.05) is 4.90 Å². The molecule has 0 bridgehead atoms. The number of hydrogen-bond donors (Lipinski definition) is 0. The number of hydrogen-bond acceptors (Lipinski definition) is 1. The van der Waals surface area contributed by atoms with Gasteiger partial charge in [-0.15, -0.1) is 0 Å². The van der Waals surface area contributed by atoms with E-state index in [2.05, 4.69) is 97.1 Å². The van der Waals surface area contributed by atoms with E-state index in [-0.39, 0.29) is 0 Å². The Kier molecular flexibility index (Phi) is 6.07. The molecule has 1 nitrogen and oxygen atoms in total. The van der Waals surface area contributed by atoms with Crippen LogP contribution in [0.25, 0.3) is 0 Å². The maximum Gasteiger partial charge on any atom is 0.0371 e. The van der Waals surface area contributed by atoms with Crippen LogP contribution in [-0.4, -0.2) is 12.1 Å². The molecule has 1 atom stereocenters. The minimum Gasteiger partial charge on any atom is -0.366 e. The molecule has 2 aromatic rings. The molecule has 0 N–H and O–H groups in total. The van der Waals surface area contributed by atoms with Gasteiger partial charge in [0.05, 0.1) is 0 Å². The largest absolute Gasteiger partial charge is 0.366 e. The Labute approximate surface area is 143 Å². The van der Waals surface area contributed by atoms with Crippen LogP contribution in [-0.2, 0) is 6.42 Å². The first-order valence-corrected chi connectivity index (χ1v) is 8.86. The monoisotopic (exact) mass is 359 g/mol. The summed E-state index contributed by atoms with van der Waals surface area (Å²) >= 11 is 3.55. The maximum atomic E-state index is 3.55. The molecule has 0 radical (unpaired) electrons. The van der Waals surface area contributed by atoms with Crippen molar-refractivity contribution in [3.05, 3.63) is 64.1 Å². The van der Waals surface area contributed by atoms with E-state index in [1.807, 2.05) is 0 Å². The van der Waals surface area contributed by atoms with Gasteiger partial charge in [-0.05, 0) is 70.4 Å². The van der Waals surface area contributed by atoms with Gasteiger partial charge in [-0.2, -0.15) is 0 Å². The number of rotatable bonds is 6. The van der Waals surface area contributed by atoms with Crippen LogP contribution >= 0.6 is 15.9 Å². The highest BCUT2D eigenvalue weighted by Crippen LogP contribution is 2.23. The molecule has 2 rings (SSSR count). The molecule has 0 aliphatic carbocycles. The molecule has 22 heavy (non-hydrogen) atoms. The Morgan fingerprint density at radius 3 is 2.27 bits per heavy atom. The minimum absolute atomic E-state index is 0.500. The number of nitrogens with zero attached hydrogens (tertiary/aromatic N) is 1. The second-order valence-electron chi connectivity index (χ2n) is 6.35. The molecule has 0 spiro atoms. The molecule has 0 heterocycles. The van der Waals surface area contributed by atoms with E-state index in [1.165, 1.54) is 16.8 Å². The predicted octanol–water partition coefficient (Wildman–Crippen LogP) is 5.99. The van der Waals surface area contributed by atoms with E-state index in [4.69, 9.17) is 0 Å². The van der Waals surface area contributed by atoms with Gasteiger partial charge in [0, 0.05) is 22.2 Å².